The summed E-state index contributed by atoms with van der Waals surface area (Å²) in [6, 6.07) is 0.322. The molecule has 0 aliphatic carbocycles. The van der Waals surface area contributed by atoms with Crippen LogP contribution in [0.1, 0.15) is 31.6 Å². The molecule has 1 aliphatic heterocycles. The molecular formula is C12H22N4. The molecule has 1 aromatic heterocycles. The number of hydrogen-bond donors (Lipinski definition) is 2. The van der Waals surface area contributed by atoms with Gasteiger partial charge < -0.3 is 15.2 Å². The Bertz CT molecular complexity index is 296. The highest BCUT2D eigenvalue weighted by atomic mass is 15.1. The number of nitrogens with one attached hydrogen (secondary N) is 2. The SMILES string of the molecule is CC(NCC1CCCN(C)C1)c1ncc[nH]1. The van der Waals surface area contributed by atoms with Crippen LogP contribution in [0.4, 0.5) is 0 Å². The molecule has 90 valence electrons. The van der Waals surface area contributed by atoms with Gasteiger partial charge in [0.15, 0.2) is 0 Å². The van der Waals surface area contributed by atoms with E-state index in [0.717, 1.165) is 18.3 Å². The average molecular weight is 222 g/mol. The predicted octanol–water partition coefficient (Wildman–Crippen LogP) is 1.40. The molecule has 2 heterocycles. The van der Waals surface area contributed by atoms with Crippen molar-refractivity contribution in [2.45, 2.75) is 25.8 Å². The van der Waals surface area contributed by atoms with Crippen molar-refractivity contribution in [2.24, 2.45) is 5.92 Å². The number of imidazole rings is 1. The Hall–Kier alpha value is -0.870. The molecule has 0 aromatic carbocycles. The Morgan fingerprint density at radius 2 is 2.56 bits per heavy atom. The van der Waals surface area contributed by atoms with Crippen LogP contribution in [-0.4, -0.2) is 41.5 Å². The topological polar surface area (TPSA) is 44.0 Å². The summed E-state index contributed by atoms with van der Waals surface area (Å²) in [5.41, 5.74) is 0. The van der Waals surface area contributed by atoms with Crippen molar-refractivity contribution in [3.05, 3.63) is 18.2 Å². The maximum Gasteiger partial charge on any atom is 0.122 e. The molecule has 0 saturated carbocycles. The lowest BCUT2D eigenvalue weighted by atomic mass is 9.98. The molecule has 1 aromatic rings. The van der Waals surface area contributed by atoms with E-state index in [4.69, 9.17) is 0 Å². The minimum Gasteiger partial charge on any atom is -0.347 e. The summed E-state index contributed by atoms with van der Waals surface area (Å²) in [5, 5.41) is 3.55. The Balaban J connectivity index is 1.74. The molecule has 16 heavy (non-hydrogen) atoms. The molecule has 2 unspecified atom stereocenters. The second-order valence-corrected chi connectivity index (χ2v) is 4.87. The number of likely N-dealkylation sites (tertiary alicyclic amines) is 1. The first-order chi connectivity index (χ1) is 7.75. The number of piperidine rings is 1. The van der Waals surface area contributed by atoms with Crippen molar-refractivity contribution >= 4 is 0 Å². The third-order valence-corrected chi connectivity index (χ3v) is 3.36. The highest BCUT2D eigenvalue weighted by Gasteiger charge is 2.18. The number of nitrogens with zero attached hydrogens (tertiary/aromatic N) is 2. The number of aromatic nitrogens is 2. The molecule has 2 atom stereocenters. The summed E-state index contributed by atoms with van der Waals surface area (Å²) in [7, 11) is 2.21. The van der Waals surface area contributed by atoms with Crippen molar-refractivity contribution in [1.82, 2.24) is 20.2 Å². The van der Waals surface area contributed by atoms with E-state index < -0.39 is 0 Å². The van der Waals surface area contributed by atoms with E-state index in [2.05, 4.69) is 34.2 Å². The van der Waals surface area contributed by atoms with Gasteiger partial charge in [-0.3, -0.25) is 0 Å². The molecule has 2 N–H and O–H groups in total. The van der Waals surface area contributed by atoms with Crippen LogP contribution in [0, 0.1) is 5.92 Å². The van der Waals surface area contributed by atoms with Gasteiger partial charge in [-0.1, -0.05) is 0 Å². The molecule has 0 radical (unpaired) electrons. The van der Waals surface area contributed by atoms with Gasteiger partial charge in [0.25, 0.3) is 0 Å². The van der Waals surface area contributed by atoms with Crippen LogP contribution in [0.5, 0.6) is 0 Å². The summed E-state index contributed by atoms with van der Waals surface area (Å²) in [6.45, 7) is 5.72. The first kappa shape index (κ1) is 11.6. The van der Waals surface area contributed by atoms with Crippen LogP contribution in [0.2, 0.25) is 0 Å². The lowest BCUT2D eigenvalue weighted by molar-refractivity contribution is 0.203. The molecule has 4 heteroatoms. The lowest BCUT2D eigenvalue weighted by Gasteiger charge is -2.30. The van der Waals surface area contributed by atoms with Gasteiger partial charge in [0.05, 0.1) is 6.04 Å². The normalized spacial score (nSPS) is 24.5. The second kappa shape index (κ2) is 5.46. The molecule has 0 amide bonds. The maximum absolute atomic E-state index is 4.27. The van der Waals surface area contributed by atoms with Crippen molar-refractivity contribution < 1.29 is 0 Å². The molecule has 0 spiro atoms. The number of H-pyrrole nitrogens is 1. The standard InChI is InChI=1S/C12H22N4/c1-10(12-13-5-6-14-12)15-8-11-4-3-7-16(2)9-11/h5-6,10-11,15H,3-4,7-9H2,1-2H3,(H,13,14). The van der Waals surface area contributed by atoms with Crippen LogP contribution >= 0.6 is 0 Å². The van der Waals surface area contributed by atoms with E-state index in [1.807, 2.05) is 12.4 Å². The largest absolute Gasteiger partial charge is 0.347 e. The summed E-state index contributed by atoms with van der Waals surface area (Å²) >= 11 is 0. The molecule has 4 nitrogen and oxygen atoms in total. The van der Waals surface area contributed by atoms with Gasteiger partial charge in [-0.15, -0.1) is 0 Å². The molecule has 1 aliphatic rings. The fraction of sp³-hybridized carbons (Fsp3) is 0.750. The summed E-state index contributed by atoms with van der Waals surface area (Å²) in [6.07, 6.45) is 6.37. The third-order valence-electron chi connectivity index (χ3n) is 3.36. The van der Waals surface area contributed by atoms with Gasteiger partial charge in [-0.05, 0) is 45.8 Å². The van der Waals surface area contributed by atoms with Crippen molar-refractivity contribution in [1.29, 1.82) is 0 Å². The Labute approximate surface area is 97.4 Å². The molecule has 1 fully saturated rings. The molecule has 0 bridgehead atoms. The van der Waals surface area contributed by atoms with E-state index in [0.29, 0.717) is 6.04 Å². The maximum atomic E-state index is 4.27. The Kier molecular flexibility index (Phi) is 3.96. The van der Waals surface area contributed by atoms with Crippen LogP contribution < -0.4 is 5.32 Å². The van der Waals surface area contributed by atoms with Gasteiger partial charge in [0.2, 0.25) is 0 Å². The van der Waals surface area contributed by atoms with Gasteiger partial charge in [0, 0.05) is 18.9 Å². The molecule has 1 saturated heterocycles. The summed E-state index contributed by atoms with van der Waals surface area (Å²) in [4.78, 5) is 9.84. The fourth-order valence-electron chi connectivity index (χ4n) is 2.39. The molecule has 2 rings (SSSR count). The van der Waals surface area contributed by atoms with Gasteiger partial charge in [-0.2, -0.15) is 0 Å². The second-order valence-electron chi connectivity index (χ2n) is 4.87. The Morgan fingerprint density at radius 3 is 3.25 bits per heavy atom. The Morgan fingerprint density at radius 1 is 1.69 bits per heavy atom. The quantitative estimate of drug-likeness (QED) is 0.809. The minimum absolute atomic E-state index is 0.322. The number of aromatic amines is 1. The van der Waals surface area contributed by atoms with Crippen molar-refractivity contribution in [3.8, 4) is 0 Å². The third kappa shape index (κ3) is 3.06. The highest BCUT2D eigenvalue weighted by Crippen LogP contribution is 2.15. The zero-order valence-electron chi connectivity index (χ0n) is 10.2. The minimum atomic E-state index is 0.322. The van der Waals surface area contributed by atoms with E-state index in [1.165, 1.54) is 25.9 Å². The fourth-order valence-corrected chi connectivity index (χ4v) is 2.39. The monoisotopic (exact) mass is 222 g/mol. The van der Waals surface area contributed by atoms with Crippen LogP contribution in [0.15, 0.2) is 12.4 Å². The van der Waals surface area contributed by atoms with Crippen molar-refractivity contribution in [2.75, 3.05) is 26.7 Å². The number of hydrogen-bond acceptors (Lipinski definition) is 3. The number of rotatable bonds is 4. The predicted molar refractivity (Wildman–Crippen MR) is 65.2 cm³/mol. The van der Waals surface area contributed by atoms with Crippen LogP contribution in [0.3, 0.4) is 0 Å². The summed E-state index contributed by atoms with van der Waals surface area (Å²) < 4.78 is 0. The van der Waals surface area contributed by atoms with Crippen molar-refractivity contribution in [3.63, 3.8) is 0 Å². The zero-order chi connectivity index (χ0) is 11.4. The summed E-state index contributed by atoms with van der Waals surface area (Å²) in [5.74, 6) is 1.82. The van der Waals surface area contributed by atoms with Gasteiger partial charge in [-0.25, -0.2) is 4.98 Å². The van der Waals surface area contributed by atoms with E-state index in [-0.39, 0.29) is 0 Å². The van der Waals surface area contributed by atoms with E-state index in [9.17, 15) is 0 Å². The van der Waals surface area contributed by atoms with E-state index in [1.54, 1.807) is 0 Å². The zero-order valence-corrected chi connectivity index (χ0v) is 10.2. The smallest absolute Gasteiger partial charge is 0.122 e. The highest BCUT2D eigenvalue weighted by molar-refractivity contribution is 4.93. The lowest BCUT2D eigenvalue weighted by Crippen LogP contribution is -2.38. The van der Waals surface area contributed by atoms with Crippen LogP contribution in [-0.2, 0) is 0 Å². The van der Waals surface area contributed by atoms with Gasteiger partial charge >= 0.3 is 0 Å². The average Bonchev–Trinajstić information content (AvgIpc) is 2.79. The first-order valence-electron chi connectivity index (χ1n) is 6.17. The molecular weight excluding hydrogens is 200 g/mol. The first-order valence-corrected chi connectivity index (χ1v) is 6.17. The van der Waals surface area contributed by atoms with E-state index >= 15 is 0 Å². The van der Waals surface area contributed by atoms with Gasteiger partial charge in [0.1, 0.15) is 5.82 Å². The van der Waals surface area contributed by atoms with Crippen LogP contribution in [0.25, 0.3) is 0 Å².